The highest BCUT2D eigenvalue weighted by Crippen LogP contribution is 2.29. The molecule has 2 aromatic rings. The summed E-state index contributed by atoms with van der Waals surface area (Å²) in [6.45, 7) is 5.93. The lowest BCUT2D eigenvalue weighted by atomic mass is 9.99. The van der Waals surface area contributed by atoms with Crippen molar-refractivity contribution in [3.05, 3.63) is 46.6 Å². The molecule has 1 aromatic carbocycles. The number of nitrogens with one attached hydrogen (secondary N) is 2. The van der Waals surface area contributed by atoms with E-state index in [0.717, 1.165) is 41.2 Å². The minimum atomic E-state index is -0.283. The lowest BCUT2D eigenvalue weighted by molar-refractivity contribution is -0.0172. The van der Waals surface area contributed by atoms with Gasteiger partial charge < -0.3 is 24.6 Å². The maximum absolute atomic E-state index is 13.8. The first-order valence-corrected chi connectivity index (χ1v) is 10.1. The summed E-state index contributed by atoms with van der Waals surface area (Å²) < 4.78 is 30.0. The summed E-state index contributed by atoms with van der Waals surface area (Å²) in [5.74, 6) is 2.27. The Morgan fingerprint density at radius 1 is 1.24 bits per heavy atom. The van der Waals surface area contributed by atoms with Crippen LogP contribution < -0.4 is 15.4 Å². The van der Waals surface area contributed by atoms with Crippen molar-refractivity contribution in [2.24, 2.45) is 4.99 Å². The zero-order valence-corrected chi connectivity index (χ0v) is 17.3. The fourth-order valence-corrected chi connectivity index (χ4v) is 3.46. The quantitative estimate of drug-likeness (QED) is 0.518. The van der Waals surface area contributed by atoms with E-state index >= 15 is 0 Å². The molecule has 158 valence electrons. The van der Waals surface area contributed by atoms with Gasteiger partial charge >= 0.3 is 0 Å². The molecular formula is C21H29FN4O3. The highest BCUT2D eigenvalue weighted by molar-refractivity contribution is 5.79. The number of rotatable bonds is 8. The number of guanidine groups is 1. The Kier molecular flexibility index (Phi) is 7.46. The number of aliphatic imine (C=N–C) groups is 1. The third-order valence-electron chi connectivity index (χ3n) is 5.07. The number of nitrogens with zero attached hydrogens (tertiary/aromatic N) is 2. The predicted octanol–water partition coefficient (Wildman–Crippen LogP) is 3.49. The van der Waals surface area contributed by atoms with Crippen LogP contribution in [0.4, 0.5) is 4.39 Å². The standard InChI is InChI=1S/C21H29FN4O3/c1-4-14(5-2)19-10-18(29-26-19)11-25-21(23-3)24-7-6-15-8-17(22)9-16-12-27-13-28-20(15)16/h8-10,14H,4-7,11-13H2,1-3H3,(H2,23,24,25). The smallest absolute Gasteiger partial charge is 0.191 e. The monoisotopic (exact) mass is 404 g/mol. The van der Waals surface area contributed by atoms with Crippen LogP contribution in [0.5, 0.6) is 5.75 Å². The van der Waals surface area contributed by atoms with E-state index < -0.39 is 0 Å². The summed E-state index contributed by atoms with van der Waals surface area (Å²) in [5.41, 5.74) is 2.55. The maximum atomic E-state index is 13.8. The van der Waals surface area contributed by atoms with E-state index in [2.05, 4.69) is 34.6 Å². The van der Waals surface area contributed by atoms with Gasteiger partial charge in [-0.2, -0.15) is 0 Å². The van der Waals surface area contributed by atoms with Gasteiger partial charge in [-0.1, -0.05) is 19.0 Å². The second-order valence-electron chi connectivity index (χ2n) is 7.00. The van der Waals surface area contributed by atoms with Gasteiger partial charge in [0, 0.05) is 31.1 Å². The normalized spacial score (nSPS) is 13.9. The molecule has 0 saturated carbocycles. The van der Waals surface area contributed by atoms with Crippen LogP contribution in [-0.4, -0.2) is 31.5 Å². The zero-order chi connectivity index (χ0) is 20.6. The van der Waals surface area contributed by atoms with Crippen molar-refractivity contribution in [1.82, 2.24) is 15.8 Å². The molecule has 2 heterocycles. The Morgan fingerprint density at radius 2 is 2.07 bits per heavy atom. The van der Waals surface area contributed by atoms with Gasteiger partial charge in [0.25, 0.3) is 0 Å². The Bertz CT molecular complexity index is 833. The number of benzene rings is 1. The fraction of sp³-hybridized carbons (Fsp3) is 0.524. The summed E-state index contributed by atoms with van der Waals surface area (Å²) >= 11 is 0. The molecule has 2 N–H and O–H groups in total. The average Bonchev–Trinajstić information content (AvgIpc) is 3.20. The topological polar surface area (TPSA) is 80.9 Å². The van der Waals surface area contributed by atoms with Crippen molar-refractivity contribution in [3.63, 3.8) is 0 Å². The lowest BCUT2D eigenvalue weighted by Gasteiger charge is -2.21. The second-order valence-corrected chi connectivity index (χ2v) is 7.00. The van der Waals surface area contributed by atoms with Crippen LogP contribution in [0.3, 0.4) is 0 Å². The minimum Gasteiger partial charge on any atom is -0.467 e. The SMILES string of the molecule is CCC(CC)c1cc(CNC(=NC)NCCc2cc(F)cc3c2OCOC3)on1. The molecule has 0 atom stereocenters. The van der Waals surface area contributed by atoms with Gasteiger partial charge in [0.05, 0.1) is 18.8 Å². The molecule has 3 rings (SSSR count). The molecule has 0 fully saturated rings. The molecule has 1 aliphatic rings. The van der Waals surface area contributed by atoms with Gasteiger partial charge in [-0.05, 0) is 37.0 Å². The molecule has 8 heteroatoms. The summed E-state index contributed by atoms with van der Waals surface area (Å²) in [7, 11) is 1.70. The molecule has 29 heavy (non-hydrogen) atoms. The van der Waals surface area contributed by atoms with Crippen LogP contribution in [0.15, 0.2) is 27.7 Å². The molecular weight excluding hydrogens is 375 g/mol. The van der Waals surface area contributed by atoms with E-state index in [1.165, 1.54) is 12.1 Å². The van der Waals surface area contributed by atoms with Gasteiger partial charge in [-0.15, -0.1) is 0 Å². The maximum Gasteiger partial charge on any atom is 0.191 e. The number of fused-ring (bicyclic) bond motifs is 1. The van der Waals surface area contributed by atoms with Gasteiger partial charge in [-0.3, -0.25) is 4.99 Å². The van der Waals surface area contributed by atoms with Crippen LogP contribution in [0.2, 0.25) is 0 Å². The fourth-order valence-electron chi connectivity index (χ4n) is 3.46. The van der Waals surface area contributed by atoms with E-state index in [1.54, 1.807) is 7.05 Å². The Balaban J connectivity index is 1.51. The molecule has 0 spiro atoms. The third kappa shape index (κ3) is 5.47. The largest absolute Gasteiger partial charge is 0.467 e. The van der Waals surface area contributed by atoms with E-state index in [4.69, 9.17) is 14.0 Å². The van der Waals surface area contributed by atoms with Crippen molar-refractivity contribution in [1.29, 1.82) is 0 Å². The molecule has 0 saturated heterocycles. The first-order valence-electron chi connectivity index (χ1n) is 10.1. The second kappa shape index (κ2) is 10.2. The molecule has 0 radical (unpaired) electrons. The van der Waals surface area contributed by atoms with Crippen molar-refractivity contribution in [2.45, 2.75) is 52.2 Å². The number of hydrogen-bond acceptors (Lipinski definition) is 5. The van der Waals surface area contributed by atoms with Gasteiger partial charge in [0.15, 0.2) is 18.5 Å². The highest BCUT2D eigenvalue weighted by atomic mass is 19.1. The van der Waals surface area contributed by atoms with Gasteiger partial charge in [0.2, 0.25) is 0 Å². The molecule has 1 aromatic heterocycles. The van der Waals surface area contributed by atoms with Gasteiger partial charge in [0.1, 0.15) is 11.6 Å². The van der Waals surface area contributed by atoms with E-state index in [-0.39, 0.29) is 12.6 Å². The van der Waals surface area contributed by atoms with E-state index in [0.29, 0.717) is 38.0 Å². The van der Waals surface area contributed by atoms with Crippen LogP contribution in [0, 0.1) is 5.82 Å². The van der Waals surface area contributed by atoms with Crippen molar-refractivity contribution in [3.8, 4) is 5.75 Å². The van der Waals surface area contributed by atoms with Crippen LogP contribution >= 0.6 is 0 Å². The summed E-state index contributed by atoms with van der Waals surface area (Å²) in [6, 6.07) is 4.96. The predicted molar refractivity (Wildman–Crippen MR) is 108 cm³/mol. The molecule has 0 aliphatic carbocycles. The Labute approximate surface area is 170 Å². The van der Waals surface area contributed by atoms with Crippen molar-refractivity contribution in [2.75, 3.05) is 20.4 Å². The van der Waals surface area contributed by atoms with Crippen LogP contribution in [-0.2, 0) is 24.3 Å². The van der Waals surface area contributed by atoms with Crippen LogP contribution in [0.25, 0.3) is 0 Å². The van der Waals surface area contributed by atoms with Crippen molar-refractivity contribution < 1.29 is 18.4 Å². The molecule has 1 aliphatic heterocycles. The lowest BCUT2D eigenvalue weighted by Crippen LogP contribution is -2.37. The number of halogens is 1. The molecule has 0 bridgehead atoms. The molecule has 0 unspecified atom stereocenters. The summed E-state index contributed by atoms with van der Waals surface area (Å²) in [6.07, 6.45) is 2.68. The van der Waals surface area contributed by atoms with Crippen LogP contribution in [0.1, 0.15) is 55.2 Å². The van der Waals surface area contributed by atoms with Crippen molar-refractivity contribution >= 4 is 5.96 Å². The Morgan fingerprint density at radius 3 is 2.83 bits per heavy atom. The third-order valence-corrected chi connectivity index (χ3v) is 5.07. The number of aromatic nitrogens is 1. The van der Waals surface area contributed by atoms with E-state index in [1.807, 2.05) is 6.07 Å². The molecule has 0 amide bonds. The van der Waals surface area contributed by atoms with Gasteiger partial charge in [-0.25, -0.2) is 4.39 Å². The Hall–Kier alpha value is -2.61. The minimum absolute atomic E-state index is 0.193. The summed E-state index contributed by atoms with van der Waals surface area (Å²) in [5, 5.41) is 10.6. The first-order chi connectivity index (χ1) is 14.1. The number of ether oxygens (including phenoxy) is 2. The highest BCUT2D eigenvalue weighted by Gasteiger charge is 2.17. The summed E-state index contributed by atoms with van der Waals surface area (Å²) in [4.78, 5) is 4.22. The zero-order valence-electron chi connectivity index (χ0n) is 17.3. The van der Waals surface area contributed by atoms with E-state index in [9.17, 15) is 4.39 Å². The average molecular weight is 404 g/mol. The first kappa shape index (κ1) is 21.1. The number of hydrogen-bond donors (Lipinski definition) is 2. The molecule has 7 nitrogen and oxygen atoms in total.